The highest BCUT2D eigenvalue weighted by molar-refractivity contribution is 7.90. The van der Waals surface area contributed by atoms with Crippen LogP contribution in [-0.4, -0.2) is 37.5 Å². The minimum atomic E-state index is -4.22. The van der Waals surface area contributed by atoms with E-state index in [1.807, 2.05) is 18.6 Å². The van der Waals surface area contributed by atoms with Crippen LogP contribution in [0.5, 0.6) is 11.6 Å². The van der Waals surface area contributed by atoms with Crippen LogP contribution in [0.25, 0.3) is 11.3 Å². The number of carbonyl (C=O) groups is 1. The molecule has 1 aliphatic carbocycles. The Labute approximate surface area is 216 Å². The molecule has 1 aliphatic rings. The lowest BCUT2D eigenvalue weighted by atomic mass is 10.1. The summed E-state index contributed by atoms with van der Waals surface area (Å²) in [6.45, 7) is 8.42. The first-order chi connectivity index (χ1) is 17.4. The molecule has 4 rings (SSSR count). The molecule has 0 radical (unpaired) electrons. The number of carbonyl (C=O) groups excluding carboxylic acids is 1. The molecule has 10 heteroatoms. The minimum absolute atomic E-state index is 0.0281. The maximum absolute atomic E-state index is 14.4. The zero-order valence-corrected chi connectivity index (χ0v) is 22.1. The Morgan fingerprint density at radius 2 is 1.86 bits per heavy atom. The van der Waals surface area contributed by atoms with E-state index in [-0.39, 0.29) is 27.8 Å². The van der Waals surface area contributed by atoms with Crippen molar-refractivity contribution in [2.75, 3.05) is 13.2 Å². The molecular formula is C27H30FN3O5S. The third-order valence-electron chi connectivity index (χ3n) is 5.88. The number of ether oxygens (including phenoxy) is 2. The summed E-state index contributed by atoms with van der Waals surface area (Å²) in [5.74, 6) is -0.817. The fourth-order valence-corrected chi connectivity index (χ4v) is 4.42. The van der Waals surface area contributed by atoms with Gasteiger partial charge in [-0.05, 0) is 62.1 Å². The highest BCUT2D eigenvalue weighted by Crippen LogP contribution is 2.45. The minimum Gasteiger partial charge on any atom is -0.493 e. The van der Waals surface area contributed by atoms with Crippen molar-refractivity contribution in [2.24, 2.45) is 11.3 Å². The Hall–Kier alpha value is -3.53. The number of aromatic nitrogens is 2. The van der Waals surface area contributed by atoms with E-state index in [0.29, 0.717) is 35.9 Å². The molecular weight excluding hydrogens is 497 g/mol. The van der Waals surface area contributed by atoms with E-state index in [1.54, 1.807) is 25.1 Å². The van der Waals surface area contributed by atoms with Gasteiger partial charge < -0.3 is 9.47 Å². The van der Waals surface area contributed by atoms with E-state index < -0.39 is 21.7 Å². The van der Waals surface area contributed by atoms with E-state index in [9.17, 15) is 17.6 Å². The summed E-state index contributed by atoms with van der Waals surface area (Å²) < 4.78 is 53.5. The molecule has 1 N–H and O–H groups in total. The van der Waals surface area contributed by atoms with Gasteiger partial charge in [-0.1, -0.05) is 26.8 Å². The SMILES string of the molecule is Cc1cccc(S(=O)(=O)NC(=O)c2ccc(-c3cc(F)cc(OCC(C)C)c3)nc2OCC2(C)CC2)n1. The van der Waals surface area contributed by atoms with E-state index >= 15 is 0 Å². The zero-order valence-electron chi connectivity index (χ0n) is 21.2. The molecule has 1 fully saturated rings. The van der Waals surface area contributed by atoms with Crippen LogP contribution in [0.3, 0.4) is 0 Å². The van der Waals surface area contributed by atoms with Crippen molar-refractivity contribution in [3.63, 3.8) is 0 Å². The van der Waals surface area contributed by atoms with Gasteiger partial charge in [-0.25, -0.2) is 19.1 Å². The number of hydrogen-bond acceptors (Lipinski definition) is 7. The van der Waals surface area contributed by atoms with E-state index in [2.05, 4.69) is 16.9 Å². The summed E-state index contributed by atoms with van der Waals surface area (Å²) in [6.07, 6.45) is 1.95. The van der Waals surface area contributed by atoms with E-state index in [4.69, 9.17) is 9.47 Å². The largest absolute Gasteiger partial charge is 0.493 e. The Bertz CT molecular complexity index is 1420. The molecule has 0 atom stereocenters. The second-order valence-electron chi connectivity index (χ2n) is 10.1. The van der Waals surface area contributed by atoms with Crippen LogP contribution in [-0.2, 0) is 10.0 Å². The first kappa shape index (κ1) is 26.5. The number of aryl methyl sites for hydroxylation is 1. The summed E-state index contributed by atoms with van der Waals surface area (Å²) in [6, 6.07) is 11.7. The van der Waals surface area contributed by atoms with Crippen molar-refractivity contribution in [1.29, 1.82) is 0 Å². The number of nitrogens with zero attached hydrogens (tertiary/aromatic N) is 2. The summed E-state index contributed by atoms with van der Waals surface area (Å²) >= 11 is 0. The normalized spacial score (nSPS) is 14.3. The Morgan fingerprint density at radius 3 is 2.54 bits per heavy atom. The van der Waals surface area contributed by atoms with Crippen LogP contribution in [0.1, 0.15) is 49.7 Å². The molecule has 1 amide bonds. The molecule has 2 aromatic heterocycles. The van der Waals surface area contributed by atoms with Gasteiger partial charge >= 0.3 is 0 Å². The highest BCUT2D eigenvalue weighted by atomic mass is 32.2. The van der Waals surface area contributed by atoms with E-state index in [0.717, 1.165) is 12.8 Å². The lowest BCUT2D eigenvalue weighted by Crippen LogP contribution is -2.32. The van der Waals surface area contributed by atoms with Crippen molar-refractivity contribution in [2.45, 2.75) is 45.6 Å². The second-order valence-corrected chi connectivity index (χ2v) is 11.7. The molecule has 37 heavy (non-hydrogen) atoms. The maximum atomic E-state index is 14.4. The van der Waals surface area contributed by atoms with Gasteiger partial charge in [0.2, 0.25) is 5.88 Å². The molecule has 8 nitrogen and oxygen atoms in total. The smallest absolute Gasteiger partial charge is 0.281 e. The predicted octanol–water partition coefficient (Wildman–Crippen LogP) is 4.92. The second kappa shape index (κ2) is 10.5. The first-order valence-electron chi connectivity index (χ1n) is 12.0. The van der Waals surface area contributed by atoms with Gasteiger partial charge in [0.15, 0.2) is 5.03 Å². The number of amides is 1. The average molecular weight is 528 g/mol. The number of rotatable bonds is 10. The molecule has 196 valence electrons. The zero-order chi connectivity index (χ0) is 26.8. The average Bonchev–Trinajstić information content (AvgIpc) is 3.58. The van der Waals surface area contributed by atoms with Crippen molar-refractivity contribution in [3.8, 4) is 22.9 Å². The molecule has 2 heterocycles. The number of hydrogen-bond donors (Lipinski definition) is 1. The van der Waals surface area contributed by atoms with Gasteiger partial charge in [-0.3, -0.25) is 4.79 Å². The van der Waals surface area contributed by atoms with Gasteiger partial charge in [0, 0.05) is 22.7 Å². The van der Waals surface area contributed by atoms with E-state index in [1.165, 1.54) is 30.3 Å². The van der Waals surface area contributed by atoms with Crippen molar-refractivity contribution >= 4 is 15.9 Å². The summed E-state index contributed by atoms with van der Waals surface area (Å²) in [4.78, 5) is 21.5. The third kappa shape index (κ3) is 6.82. The van der Waals surface area contributed by atoms with Gasteiger partial charge in [-0.2, -0.15) is 8.42 Å². The molecule has 1 aromatic carbocycles. The Kier molecular flexibility index (Phi) is 7.49. The van der Waals surface area contributed by atoms with Gasteiger partial charge in [-0.15, -0.1) is 0 Å². The van der Waals surface area contributed by atoms with Crippen LogP contribution in [0.2, 0.25) is 0 Å². The van der Waals surface area contributed by atoms with Crippen LogP contribution in [0.4, 0.5) is 4.39 Å². The maximum Gasteiger partial charge on any atom is 0.281 e. The van der Waals surface area contributed by atoms with Crippen molar-refractivity contribution in [3.05, 3.63) is 65.6 Å². The lowest BCUT2D eigenvalue weighted by molar-refractivity contribution is 0.0974. The Balaban J connectivity index is 1.65. The van der Waals surface area contributed by atoms with Crippen LogP contribution < -0.4 is 14.2 Å². The Morgan fingerprint density at radius 1 is 1.11 bits per heavy atom. The number of nitrogens with one attached hydrogen (secondary N) is 1. The van der Waals surface area contributed by atoms with Gasteiger partial charge in [0.05, 0.1) is 18.9 Å². The van der Waals surface area contributed by atoms with Crippen molar-refractivity contribution in [1.82, 2.24) is 14.7 Å². The number of sulfonamides is 1. The molecule has 0 saturated heterocycles. The molecule has 3 aromatic rings. The number of pyridine rings is 2. The topological polar surface area (TPSA) is 107 Å². The highest BCUT2D eigenvalue weighted by Gasteiger charge is 2.38. The van der Waals surface area contributed by atoms with Crippen LogP contribution in [0.15, 0.2) is 53.6 Å². The summed E-state index contributed by atoms with van der Waals surface area (Å²) in [7, 11) is -4.22. The van der Waals surface area contributed by atoms with Gasteiger partial charge in [0.1, 0.15) is 17.1 Å². The fourth-order valence-electron chi connectivity index (χ4n) is 3.44. The molecule has 0 aliphatic heterocycles. The van der Waals surface area contributed by atoms with Crippen LogP contribution >= 0.6 is 0 Å². The first-order valence-corrected chi connectivity index (χ1v) is 13.5. The van der Waals surface area contributed by atoms with Crippen molar-refractivity contribution < 1.29 is 27.1 Å². The standard InChI is InChI=1S/C27H30FN3O5S/c1-17(2)15-35-21-13-19(12-20(28)14-21)23-9-8-22(26(30-23)36-16-27(4)10-11-27)25(32)31-37(33,34)24-7-5-6-18(3)29-24/h5-9,12-14,17H,10-11,15-16H2,1-4H3,(H,31,32). The monoisotopic (exact) mass is 527 g/mol. The number of halogens is 1. The molecule has 0 bridgehead atoms. The quantitative estimate of drug-likeness (QED) is 0.399. The van der Waals surface area contributed by atoms with Crippen LogP contribution in [0, 0.1) is 24.1 Å². The molecule has 0 spiro atoms. The molecule has 0 unspecified atom stereocenters. The summed E-state index contributed by atoms with van der Waals surface area (Å²) in [5.41, 5.74) is 1.20. The third-order valence-corrected chi connectivity index (χ3v) is 7.11. The van der Waals surface area contributed by atoms with Gasteiger partial charge in [0.25, 0.3) is 15.9 Å². The fraction of sp³-hybridized carbons (Fsp3) is 0.370. The predicted molar refractivity (Wildman–Crippen MR) is 136 cm³/mol. The number of benzene rings is 1. The molecule has 1 saturated carbocycles. The lowest BCUT2D eigenvalue weighted by Gasteiger charge is -2.15. The summed E-state index contributed by atoms with van der Waals surface area (Å²) in [5, 5.41) is -0.271.